The lowest BCUT2D eigenvalue weighted by molar-refractivity contribution is 0.0967. The van der Waals surface area contributed by atoms with E-state index in [9.17, 15) is 9.59 Å². The van der Waals surface area contributed by atoms with Crippen molar-refractivity contribution in [1.29, 1.82) is 0 Å². The summed E-state index contributed by atoms with van der Waals surface area (Å²) in [6.07, 6.45) is 10.5. The average molecular weight is 303 g/mol. The van der Waals surface area contributed by atoms with Crippen LogP contribution in [0.1, 0.15) is 33.8 Å². The van der Waals surface area contributed by atoms with Crippen molar-refractivity contribution in [2.24, 2.45) is 0 Å². The minimum Gasteiger partial charge on any atom is -0.497 e. The van der Waals surface area contributed by atoms with Gasteiger partial charge in [0, 0.05) is 18.2 Å². The van der Waals surface area contributed by atoms with E-state index in [2.05, 4.69) is 11.2 Å². The third-order valence-corrected chi connectivity index (χ3v) is 4.11. The number of ketones is 2. The number of allylic oxidation sites excluding steroid dienone is 6. The molecule has 0 saturated carbocycles. The van der Waals surface area contributed by atoms with Crippen LogP contribution in [0.3, 0.4) is 0 Å². The van der Waals surface area contributed by atoms with Crippen molar-refractivity contribution in [3.05, 3.63) is 52.5 Å². The van der Waals surface area contributed by atoms with E-state index in [1.807, 2.05) is 12.2 Å². The van der Waals surface area contributed by atoms with E-state index >= 15 is 0 Å². The zero-order valence-corrected chi connectivity index (χ0v) is 12.0. The van der Waals surface area contributed by atoms with Gasteiger partial charge in [-0.05, 0) is 12.5 Å². The first-order chi connectivity index (χ1) is 10.3. The molecule has 0 spiro atoms. The summed E-state index contributed by atoms with van der Waals surface area (Å²) >= 11 is 1.32. The highest BCUT2D eigenvalue weighted by Gasteiger charge is 2.29. The Morgan fingerprint density at radius 2 is 2.29 bits per heavy atom. The van der Waals surface area contributed by atoms with Crippen molar-refractivity contribution < 1.29 is 18.8 Å². The van der Waals surface area contributed by atoms with E-state index in [1.165, 1.54) is 24.0 Å². The second-order valence-corrected chi connectivity index (χ2v) is 5.70. The Morgan fingerprint density at radius 1 is 1.38 bits per heavy atom. The number of hydrogen-bond acceptors (Lipinski definition) is 6. The second-order valence-electron chi connectivity index (χ2n) is 4.57. The number of hydrogen-bond donors (Lipinski definition) is 0. The highest BCUT2D eigenvalue weighted by molar-refractivity contribution is 8.04. The van der Waals surface area contributed by atoms with Crippen molar-refractivity contribution in [3.8, 4) is 0 Å². The molecule has 5 nitrogen and oxygen atoms in total. The summed E-state index contributed by atoms with van der Waals surface area (Å²) in [7, 11) is 0. The second kappa shape index (κ2) is 6.13. The minimum absolute atomic E-state index is 0.0275. The Bertz CT molecular complexity index is 669. The summed E-state index contributed by atoms with van der Waals surface area (Å²) in [4.78, 5) is 24.3. The summed E-state index contributed by atoms with van der Waals surface area (Å²) in [5.74, 6) is 1.06. The van der Waals surface area contributed by atoms with Gasteiger partial charge in [-0.2, -0.15) is 0 Å². The average Bonchev–Trinajstić information content (AvgIpc) is 3.00. The van der Waals surface area contributed by atoms with Crippen molar-refractivity contribution in [1.82, 2.24) is 5.16 Å². The van der Waals surface area contributed by atoms with Gasteiger partial charge >= 0.3 is 0 Å². The van der Waals surface area contributed by atoms with Crippen LogP contribution in [0.15, 0.2) is 45.7 Å². The first kappa shape index (κ1) is 13.9. The molecule has 1 heterocycles. The summed E-state index contributed by atoms with van der Waals surface area (Å²) in [5, 5.41) is 3.50. The van der Waals surface area contributed by atoms with E-state index in [0.717, 1.165) is 18.6 Å². The third-order valence-electron chi connectivity index (χ3n) is 3.13. The van der Waals surface area contributed by atoms with Gasteiger partial charge in [-0.25, -0.2) is 0 Å². The van der Waals surface area contributed by atoms with Crippen molar-refractivity contribution >= 4 is 23.3 Å². The molecule has 1 aromatic rings. The first-order valence-electron chi connectivity index (χ1n) is 6.62. The smallest absolute Gasteiger partial charge is 0.225 e. The van der Waals surface area contributed by atoms with Gasteiger partial charge in [-0.15, -0.1) is 11.8 Å². The molecule has 1 aromatic heterocycles. The van der Waals surface area contributed by atoms with E-state index in [4.69, 9.17) is 9.26 Å². The number of carbonyl (C=O) groups is 2. The van der Waals surface area contributed by atoms with Crippen LogP contribution in [-0.4, -0.2) is 29.1 Å². The molecule has 3 rings (SSSR count). The molecular formula is C15H13NO4S. The Morgan fingerprint density at radius 3 is 3.10 bits per heavy atom. The number of rotatable bonds is 5. The fourth-order valence-corrected chi connectivity index (χ4v) is 2.91. The SMILES string of the molecule is O=C1C(SCCOC2=CC=CCC2)=CC(=O)c2oncc21. The van der Waals surface area contributed by atoms with E-state index in [0.29, 0.717) is 17.3 Å². The van der Waals surface area contributed by atoms with E-state index < -0.39 is 0 Å². The number of aromatic nitrogens is 1. The van der Waals surface area contributed by atoms with E-state index in [-0.39, 0.29) is 22.9 Å². The molecular weight excluding hydrogens is 290 g/mol. The molecule has 0 aliphatic heterocycles. The van der Waals surface area contributed by atoms with Gasteiger partial charge < -0.3 is 9.26 Å². The highest BCUT2D eigenvalue weighted by atomic mass is 32.2. The Kier molecular flexibility index (Phi) is 4.06. The maximum Gasteiger partial charge on any atom is 0.225 e. The molecule has 0 aromatic carbocycles. The molecule has 2 aliphatic carbocycles. The molecule has 21 heavy (non-hydrogen) atoms. The fraction of sp³-hybridized carbons (Fsp3) is 0.267. The van der Waals surface area contributed by atoms with Crippen LogP contribution in [0.5, 0.6) is 0 Å². The molecule has 0 N–H and O–H groups in total. The van der Waals surface area contributed by atoms with Crippen LogP contribution in [0.25, 0.3) is 0 Å². The molecule has 108 valence electrons. The Hall–Kier alpha value is -2.08. The molecule has 0 bridgehead atoms. The third kappa shape index (κ3) is 3.00. The Labute approximate surface area is 125 Å². The van der Waals surface area contributed by atoms with Gasteiger partial charge in [-0.3, -0.25) is 9.59 Å². The number of thioether (sulfide) groups is 1. The number of Topliss-reactive ketones (excluding diaryl/α,β-unsaturated/α-hetero) is 1. The number of carbonyl (C=O) groups excluding carboxylic acids is 2. The lowest BCUT2D eigenvalue weighted by Gasteiger charge is -2.12. The van der Waals surface area contributed by atoms with Gasteiger partial charge in [0.2, 0.25) is 17.3 Å². The van der Waals surface area contributed by atoms with Gasteiger partial charge in [0.1, 0.15) is 0 Å². The van der Waals surface area contributed by atoms with Crippen molar-refractivity contribution in [3.63, 3.8) is 0 Å². The lowest BCUT2D eigenvalue weighted by atomic mass is 10.0. The van der Waals surface area contributed by atoms with Crippen molar-refractivity contribution in [2.45, 2.75) is 12.8 Å². The fourth-order valence-electron chi connectivity index (χ4n) is 2.09. The standard InChI is InChI=1S/C15H13NO4S/c17-12-8-13(14(18)11-9-16-20-15(11)12)21-7-6-19-10-4-2-1-3-5-10/h1-2,4,8-9H,3,5-7H2. The largest absolute Gasteiger partial charge is 0.497 e. The highest BCUT2D eigenvalue weighted by Crippen LogP contribution is 2.28. The quantitative estimate of drug-likeness (QED) is 0.779. The summed E-state index contributed by atoms with van der Waals surface area (Å²) in [6.45, 7) is 0.500. The maximum absolute atomic E-state index is 12.1. The summed E-state index contributed by atoms with van der Waals surface area (Å²) < 4.78 is 10.4. The molecule has 2 aliphatic rings. The molecule has 6 heteroatoms. The van der Waals surface area contributed by atoms with Gasteiger partial charge in [0.05, 0.1) is 29.0 Å². The molecule has 0 fully saturated rings. The normalized spacial score (nSPS) is 17.3. The molecule has 0 saturated heterocycles. The van der Waals surface area contributed by atoms with Gasteiger partial charge in [0.25, 0.3) is 0 Å². The van der Waals surface area contributed by atoms with Gasteiger partial charge in [0.15, 0.2) is 0 Å². The minimum atomic E-state index is -0.314. The zero-order chi connectivity index (χ0) is 14.7. The lowest BCUT2D eigenvalue weighted by Crippen LogP contribution is -2.14. The van der Waals surface area contributed by atoms with Crippen LogP contribution in [-0.2, 0) is 4.74 Å². The topological polar surface area (TPSA) is 69.4 Å². The first-order valence-corrected chi connectivity index (χ1v) is 7.61. The van der Waals surface area contributed by atoms with Crippen LogP contribution in [0.2, 0.25) is 0 Å². The van der Waals surface area contributed by atoms with Crippen LogP contribution >= 0.6 is 11.8 Å². The van der Waals surface area contributed by atoms with Crippen LogP contribution in [0.4, 0.5) is 0 Å². The zero-order valence-electron chi connectivity index (χ0n) is 11.2. The molecule has 0 atom stereocenters. The number of ether oxygens (including phenoxy) is 1. The predicted molar refractivity (Wildman–Crippen MR) is 78.1 cm³/mol. The Balaban J connectivity index is 1.54. The number of fused-ring (bicyclic) bond motifs is 1. The number of nitrogens with zero attached hydrogens (tertiary/aromatic N) is 1. The summed E-state index contributed by atoms with van der Waals surface area (Å²) in [6, 6.07) is 0. The maximum atomic E-state index is 12.1. The van der Waals surface area contributed by atoms with Gasteiger partial charge in [-0.1, -0.05) is 17.3 Å². The molecule has 0 unspecified atom stereocenters. The van der Waals surface area contributed by atoms with Crippen LogP contribution < -0.4 is 0 Å². The van der Waals surface area contributed by atoms with Crippen LogP contribution in [0, 0.1) is 0 Å². The predicted octanol–water partition coefficient (Wildman–Crippen LogP) is 2.92. The van der Waals surface area contributed by atoms with E-state index in [1.54, 1.807) is 0 Å². The molecule has 0 amide bonds. The monoisotopic (exact) mass is 303 g/mol. The molecule has 0 radical (unpaired) electrons. The summed E-state index contributed by atoms with van der Waals surface area (Å²) in [5.41, 5.74) is 0.242. The van der Waals surface area contributed by atoms with Crippen molar-refractivity contribution in [2.75, 3.05) is 12.4 Å².